The summed E-state index contributed by atoms with van der Waals surface area (Å²) in [5, 5.41) is 9.65. The molecule has 0 saturated carbocycles. The Bertz CT molecular complexity index is 1290. The maximum Gasteiger partial charge on any atom is 0.361 e. The molecule has 0 radical (unpaired) electrons. The maximum absolute atomic E-state index is 12.8. The molecule has 0 fully saturated rings. The Hall–Kier alpha value is -2.49. The van der Waals surface area contributed by atoms with Crippen LogP contribution >= 0.6 is 0 Å². The summed E-state index contributed by atoms with van der Waals surface area (Å²) in [7, 11) is 5.97. The first-order valence-corrected chi connectivity index (χ1v) is 31.2. The second-order valence-corrected chi connectivity index (χ2v) is 22.4. The second kappa shape index (κ2) is 55.7. The Morgan fingerprint density at radius 1 is 0.411 bits per heavy atom. The van der Waals surface area contributed by atoms with E-state index in [1.807, 2.05) is 21.1 Å². The monoisotopic (exact) mass is 1030 g/mol. The van der Waals surface area contributed by atoms with Crippen molar-refractivity contribution < 1.29 is 42.9 Å². The van der Waals surface area contributed by atoms with Crippen molar-refractivity contribution in [2.24, 2.45) is 0 Å². The van der Waals surface area contributed by atoms with Gasteiger partial charge in [0.05, 0.1) is 34.4 Å². The van der Waals surface area contributed by atoms with Crippen LogP contribution < -0.4 is 0 Å². The van der Waals surface area contributed by atoms with Gasteiger partial charge in [-0.3, -0.25) is 9.59 Å². The first kappa shape index (κ1) is 70.5. The number of ether oxygens (including phenoxy) is 4. The minimum absolute atomic E-state index is 0.177. The molecule has 1 N–H and O–H groups in total. The third kappa shape index (κ3) is 57.1. The SMILES string of the molecule is CCCCCCC/C=C\C/C=C\C/C=C\CCCCCCCCCCCCCCCCCCCCCCCCCCCCC(=O)OC(COC(=O)CCCCCCCCC)COC(OCC[N+](C)(C)C)C(=O)O. The Morgan fingerprint density at radius 3 is 1.10 bits per heavy atom. The lowest BCUT2D eigenvalue weighted by Crippen LogP contribution is -2.40. The summed E-state index contributed by atoms with van der Waals surface area (Å²) in [6.45, 7) is 4.84. The van der Waals surface area contributed by atoms with Crippen molar-refractivity contribution >= 4 is 17.9 Å². The number of carboxylic acids is 1. The molecular formula is C64H120NO8+. The van der Waals surface area contributed by atoms with E-state index in [4.69, 9.17) is 18.9 Å². The van der Waals surface area contributed by atoms with Crippen LogP contribution in [0.1, 0.15) is 296 Å². The van der Waals surface area contributed by atoms with Gasteiger partial charge in [0.25, 0.3) is 6.29 Å². The van der Waals surface area contributed by atoms with Crippen LogP contribution in [0.15, 0.2) is 36.5 Å². The fraction of sp³-hybridized carbons (Fsp3) is 0.859. The number of nitrogens with zero attached hydrogens (tertiary/aromatic N) is 1. The van der Waals surface area contributed by atoms with E-state index in [-0.39, 0.29) is 32.2 Å². The number of likely N-dealkylation sites (N-methyl/N-ethyl adjacent to an activating group) is 1. The number of unbranched alkanes of at least 4 members (excludes halogenated alkanes) is 37. The molecule has 0 amide bonds. The molecule has 0 aromatic rings. The highest BCUT2D eigenvalue weighted by molar-refractivity contribution is 5.71. The zero-order valence-corrected chi connectivity index (χ0v) is 48.8. The Morgan fingerprint density at radius 2 is 0.740 bits per heavy atom. The van der Waals surface area contributed by atoms with E-state index in [9.17, 15) is 19.5 Å². The molecule has 73 heavy (non-hydrogen) atoms. The normalized spacial score (nSPS) is 12.9. The first-order chi connectivity index (χ1) is 35.6. The predicted molar refractivity (Wildman–Crippen MR) is 309 cm³/mol. The van der Waals surface area contributed by atoms with Crippen LogP contribution in [-0.2, 0) is 33.3 Å². The molecule has 2 unspecified atom stereocenters. The number of esters is 2. The largest absolute Gasteiger partial charge is 0.477 e. The molecule has 9 nitrogen and oxygen atoms in total. The van der Waals surface area contributed by atoms with Gasteiger partial charge in [0.1, 0.15) is 13.2 Å². The number of carbonyl (C=O) groups excluding carboxylic acids is 2. The molecule has 2 atom stereocenters. The number of hydrogen-bond donors (Lipinski definition) is 1. The number of carbonyl (C=O) groups is 3. The van der Waals surface area contributed by atoms with Crippen molar-refractivity contribution in [3.8, 4) is 0 Å². The van der Waals surface area contributed by atoms with Gasteiger partial charge in [-0.25, -0.2) is 4.79 Å². The number of hydrogen-bond acceptors (Lipinski definition) is 7. The van der Waals surface area contributed by atoms with Crippen LogP contribution in [0.4, 0.5) is 0 Å². The molecule has 428 valence electrons. The molecule has 0 aliphatic heterocycles. The summed E-state index contributed by atoms with van der Waals surface area (Å²) in [5.74, 6) is -2.00. The fourth-order valence-electron chi connectivity index (χ4n) is 9.08. The van der Waals surface area contributed by atoms with Crippen molar-refractivity contribution in [3.05, 3.63) is 36.5 Å². The molecule has 0 bridgehead atoms. The minimum atomic E-state index is -1.50. The van der Waals surface area contributed by atoms with Crippen LogP contribution in [-0.4, -0.2) is 87.4 Å². The van der Waals surface area contributed by atoms with E-state index in [0.717, 1.165) is 51.4 Å². The Balaban J connectivity index is 3.79. The van der Waals surface area contributed by atoms with Crippen LogP contribution in [0.3, 0.4) is 0 Å². The van der Waals surface area contributed by atoms with E-state index in [1.54, 1.807) is 0 Å². The van der Waals surface area contributed by atoms with Crippen molar-refractivity contribution in [2.45, 2.75) is 309 Å². The van der Waals surface area contributed by atoms with Gasteiger partial charge in [0, 0.05) is 12.8 Å². The summed E-state index contributed by atoms with van der Waals surface area (Å²) in [4.78, 5) is 37.1. The molecule has 0 saturated heterocycles. The molecule has 0 heterocycles. The lowest BCUT2D eigenvalue weighted by molar-refractivity contribution is -0.870. The van der Waals surface area contributed by atoms with Crippen molar-refractivity contribution in [2.75, 3.05) is 47.5 Å². The summed E-state index contributed by atoms with van der Waals surface area (Å²) in [5.41, 5.74) is 0. The van der Waals surface area contributed by atoms with Gasteiger partial charge in [-0.05, 0) is 51.4 Å². The summed E-state index contributed by atoms with van der Waals surface area (Å²) >= 11 is 0. The average molecular weight is 1030 g/mol. The molecule has 0 aromatic heterocycles. The predicted octanol–water partition coefficient (Wildman–Crippen LogP) is 18.5. The van der Waals surface area contributed by atoms with Crippen LogP contribution in [0.25, 0.3) is 0 Å². The van der Waals surface area contributed by atoms with Gasteiger partial charge in [-0.15, -0.1) is 0 Å². The van der Waals surface area contributed by atoms with Gasteiger partial charge in [0.2, 0.25) is 0 Å². The van der Waals surface area contributed by atoms with Gasteiger partial charge in [0.15, 0.2) is 6.10 Å². The number of aliphatic carboxylic acids is 1. The lowest BCUT2D eigenvalue weighted by Gasteiger charge is -2.25. The van der Waals surface area contributed by atoms with Gasteiger partial charge in [-0.2, -0.15) is 0 Å². The number of rotatable bonds is 58. The minimum Gasteiger partial charge on any atom is -0.477 e. The summed E-state index contributed by atoms with van der Waals surface area (Å²) in [6, 6.07) is 0. The maximum atomic E-state index is 12.8. The Labute approximate surface area is 451 Å². The number of carboxylic acid groups (broad SMARTS) is 1. The van der Waals surface area contributed by atoms with E-state index in [1.165, 1.54) is 218 Å². The average Bonchev–Trinajstić information content (AvgIpc) is 3.36. The zero-order chi connectivity index (χ0) is 53.4. The highest BCUT2D eigenvalue weighted by atomic mass is 16.7. The topological polar surface area (TPSA) is 108 Å². The van der Waals surface area contributed by atoms with E-state index < -0.39 is 24.3 Å². The van der Waals surface area contributed by atoms with Gasteiger partial charge < -0.3 is 28.5 Å². The third-order valence-electron chi connectivity index (χ3n) is 13.9. The second-order valence-electron chi connectivity index (χ2n) is 22.4. The first-order valence-electron chi connectivity index (χ1n) is 31.2. The van der Waals surface area contributed by atoms with Crippen molar-refractivity contribution in [1.29, 1.82) is 0 Å². The number of quaternary nitrogens is 1. The smallest absolute Gasteiger partial charge is 0.361 e. The molecule has 0 rings (SSSR count). The number of allylic oxidation sites excluding steroid dienone is 6. The van der Waals surface area contributed by atoms with E-state index in [2.05, 4.69) is 50.3 Å². The van der Waals surface area contributed by atoms with Crippen LogP contribution in [0.5, 0.6) is 0 Å². The lowest BCUT2D eigenvalue weighted by atomic mass is 10.0. The molecule has 0 spiro atoms. The molecule has 0 aromatic carbocycles. The summed E-state index contributed by atoms with van der Waals surface area (Å²) in [6.07, 6.45) is 65.9. The quantitative estimate of drug-likeness (QED) is 0.0211. The van der Waals surface area contributed by atoms with Crippen molar-refractivity contribution in [3.63, 3.8) is 0 Å². The molecular weight excluding hydrogens is 911 g/mol. The molecule has 0 aliphatic rings. The van der Waals surface area contributed by atoms with E-state index >= 15 is 0 Å². The standard InChI is InChI=1S/C64H119NO8/c1-6-8-10-12-14-15-16-17-18-19-20-21-22-23-24-25-26-27-28-29-30-31-32-33-34-35-36-37-38-39-40-41-42-43-44-45-46-47-49-51-53-55-62(67)73-60(58-71-61(66)54-52-50-48-13-11-9-7-2)59-72-64(63(68)69)70-57-56-65(3,4)5/h16-17,19-20,22-23,60,64H,6-15,18,21,24-59H2,1-5H3/p+1/b17-16-,20-19-,23-22-. The Kier molecular flexibility index (Phi) is 53.8. The highest BCUT2D eigenvalue weighted by Crippen LogP contribution is 2.18. The molecule has 0 aliphatic carbocycles. The van der Waals surface area contributed by atoms with E-state index in [0.29, 0.717) is 17.4 Å². The molecule has 9 heteroatoms. The fourth-order valence-corrected chi connectivity index (χ4v) is 9.08. The van der Waals surface area contributed by atoms with Gasteiger partial charge >= 0.3 is 17.9 Å². The van der Waals surface area contributed by atoms with Gasteiger partial charge in [-0.1, -0.05) is 269 Å². The van der Waals surface area contributed by atoms with Crippen LogP contribution in [0.2, 0.25) is 0 Å². The highest BCUT2D eigenvalue weighted by Gasteiger charge is 2.25. The van der Waals surface area contributed by atoms with Crippen LogP contribution in [0, 0.1) is 0 Å². The van der Waals surface area contributed by atoms with Crippen molar-refractivity contribution in [1.82, 2.24) is 0 Å². The zero-order valence-electron chi connectivity index (χ0n) is 48.8. The third-order valence-corrected chi connectivity index (χ3v) is 13.9. The summed E-state index contributed by atoms with van der Waals surface area (Å²) < 4.78 is 22.7.